The number of thiocarbonyl (C=S) groups is 1. The molecule has 192 valence electrons. The van der Waals surface area contributed by atoms with Crippen LogP contribution in [0.2, 0.25) is 0 Å². The summed E-state index contributed by atoms with van der Waals surface area (Å²) in [5.41, 5.74) is 14.4. The van der Waals surface area contributed by atoms with E-state index in [1.165, 1.54) is 30.3 Å². The average Bonchev–Trinajstić information content (AvgIpc) is 2.67. The van der Waals surface area contributed by atoms with E-state index in [1.807, 2.05) is 0 Å². The predicted octanol–water partition coefficient (Wildman–Crippen LogP) is 5.64. The second-order valence-electron chi connectivity index (χ2n) is 5.38. The maximum Gasteiger partial charge on any atom is 0.387 e. The molecule has 34 heavy (non-hydrogen) atoms. The van der Waals surface area contributed by atoms with Gasteiger partial charge in [0.2, 0.25) is 0 Å². The number of halogens is 8. The number of rotatable bonds is 7. The molecule has 0 aliphatic carbocycles. The van der Waals surface area contributed by atoms with Gasteiger partial charge in [0, 0.05) is 22.2 Å². The zero-order chi connectivity index (χ0) is 25.6. The van der Waals surface area contributed by atoms with Crippen LogP contribution in [0.15, 0.2) is 36.4 Å². The number of hydrogen-bond donors (Lipinski definition) is 4. The van der Waals surface area contributed by atoms with Gasteiger partial charge in [0.25, 0.3) is 0 Å². The lowest BCUT2D eigenvalue weighted by Gasteiger charge is -2.10. The van der Waals surface area contributed by atoms with E-state index in [4.69, 9.17) is 11.1 Å². The summed E-state index contributed by atoms with van der Waals surface area (Å²) >= 11 is 7.91. The van der Waals surface area contributed by atoms with Gasteiger partial charge in [-0.15, -0.1) is 17.0 Å². The van der Waals surface area contributed by atoms with Crippen LogP contribution in [0.25, 0.3) is 0 Å². The molecule has 16 heteroatoms. The van der Waals surface area contributed by atoms with E-state index in [0.29, 0.717) is 0 Å². The summed E-state index contributed by atoms with van der Waals surface area (Å²) in [5, 5.41) is 6.88. The summed E-state index contributed by atoms with van der Waals surface area (Å²) in [4.78, 5) is 0. The number of benzene rings is 2. The second kappa shape index (κ2) is 18.4. The first-order valence-corrected chi connectivity index (χ1v) is 10.9. The minimum Gasteiger partial charge on any atom is -0.434 e. The first-order chi connectivity index (χ1) is 15.4. The fraction of sp³-hybridized carbons (Fsp3) is 0.222. The molecule has 0 unspecified atom stereocenters. The highest BCUT2D eigenvalue weighted by atomic mass is 79.9. The van der Waals surface area contributed by atoms with Crippen LogP contribution in [-0.2, 0) is 11.1 Å². The highest BCUT2D eigenvalue weighted by Gasteiger charge is 2.14. The molecule has 0 atom stereocenters. The minimum absolute atomic E-state index is 0. The minimum atomic E-state index is -3.01. The Labute approximate surface area is 219 Å². The van der Waals surface area contributed by atoms with Crippen molar-refractivity contribution in [1.29, 1.82) is 5.41 Å². The molecule has 0 saturated heterocycles. The van der Waals surface area contributed by atoms with E-state index in [0.717, 1.165) is 17.8 Å². The topological polar surface area (TPSA) is 120 Å². The van der Waals surface area contributed by atoms with Gasteiger partial charge in [-0.05, 0) is 36.5 Å². The fourth-order valence-corrected chi connectivity index (χ4v) is 3.03. The lowest BCUT2D eigenvalue weighted by molar-refractivity contribution is -0.0511. The Hall–Kier alpha value is -1.91. The average molecular weight is 662 g/mol. The van der Waals surface area contributed by atoms with Gasteiger partial charge in [0.15, 0.2) is 10.3 Å². The van der Waals surface area contributed by atoms with Crippen LogP contribution in [0.1, 0.15) is 11.1 Å². The van der Waals surface area contributed by atoms with Crippen LogP contribution < -0.4 is 26.7 Å². The normalized spacial score (nSPS) is 9.68. The third-order valence-corrected chi connectivity index (χ3v) is 4.39. The molecular formula is C18H20Br2F6N4O2S2. The maximum atomic E-state index is 13.3. The van der Waals surface area contributed by atoms with Crippen molar-refractivity contribution in [3.63, 3.8) is 0 Å². The van der Waals surface area contributed by atoms with E-state index in [1.54, 1.807) is 0 Å². The standard InChI is InChI=1S/C9H9F3N2OS.C8H6BrF3O.CH4N2S.BrH/c10-6-2-1-3-7(15-8(11)12)5(6)4-16-9(13)14;9-4-5-6(10)2-1-3-7(5)13-8(11)12;2-1(3)4;/h1-3,8H,4H2,(H3,13,14);1-3,8H,4H2;(H4,2,3,4);1H. The van der Waals surface area contributed by atoms with Crippen LogP contribution >= 0.6 is 56.9 Å². The third kappa shape index (κ3) is 15.1. The number of nitrogens with one attached hydrogen (secondary N) is 1. The monoisotopic (exact) mass is 660 g/mol. The molecule has 0 spiro atoms. The van der Waals surface area contributed by atoms with Crippen molar-refractivity contribution in [3.05, 3.63) is 59.2 Å². The molecule has 0 radical (unpaired) electrons. The van der Waals surface area contributed by atoms with Gasteiger partial charge in [0.1, 0.15) is 23.1 Å². The number of nitrogens with two attached hydrogens (primary N) is 3. The molecule has 0 saturated carbocycles. The number of hydrogen-bond acceptors (Lipinski definition) is 5. The lowest BCUT2D eigenvalue weighted by Crippen LogP contribution is -2.18. The van der Waals surface area contributed by atoms with Crippen molar-refractivity contribution in [3.8, 4) is 11.5 Å². The summed E-state index contributed by atoms with van der Waals surface area (Å²) in [5.74, 6) is -1.61. The molecule has 6 nitrogen and oxygen atoms in total. The Morgan fingerprint density at radius 1 is 0.912 bits per heavy atom. The Bertz CT molecular complexity index is 913. The van der Waals surface area contributed by atoms with E-state index < -0.39 is 24.9 Å². The SMILES string of the molecule is Br.Fc1cccc(OC(F)F)c1CBr.N=C(N)SCc1c(F)cccc1OC(F)F.NC(N)=S. The van der Waals surface area contributed by atoms with Crippen molar-refractivity contribution in [2.75, 3.05) is 0 Å². The van der Waals surface area contributed by atoms with Crippen molar-refractivity contribution < 1.29 is 35.8 Å². The molecule has 2 aromatic rings. The zero-order valence-electron chi connectivity index (χ0n) is 17.0. The van der Waals surface area contributed by atoms with E-state index in [-0.39, 0.29) is 61.0 Å². The highest BCUT2D eigenvalue weighted by molar-refractivity contribution is 9.08. The summed E-state index contributed by atoms with van der Waals surface area (Å²) in [6.07, 6.45) is 0. The van der Waals surface area contributed by atoms with Crippen LogP contribution in [-0.4, -0.2) is 23.5 Å². The number of amidine groups is 1. The molecule has 0 fully saturated rings. The van der Waals surface area contributed by atoms with E-state index in [9.17, 15) is 26.3 Å². The predicted molar refractivity (Wildman–Crippen MR) is 133 cm³/mol. The van der Waals surface area contributed by atoms with Crippen molar-refractivity contribution >= 4 is 67.2 Å². The van der Waals surface area contributed by atoms with Crippen molar-refractivity contribution in [2.24, 2.45) is 17.2 Å². The summed E-state index contributed by atoms with van der Waals surface area (Å²) < 4.78 is 82.2. The molecule has 2 aromatic carbocycles. The maximum absolute atomic E-state index is 13.3. The van der Waals surface area contributed by atoms with Gasteiger partial charge in [-0.1, -0.05) is 39.8 Å². The largest absolute Gasteiger partial charge is 0.434 e. The van der Waals surface area contributed by atoms with Gasteiger partial charge in [0.05, 0.1) is 0 Å². The Morgan fingerprint density at radius 3 is 1.65 bits per heavy atom. The van der Waals surface area contributed by atoms with Gasteiger partial charge >= 0.3 is 13.2 Å². The molecule has 0 aliphatic heterocycles. The number of alkyl halides is 5. The van der Waals surface area contributed by atoms with Gasteiger partial charge in [-0.2, -0.15) is 17.6 Å². The van der Waals surface area contributed by atoms with Crippen LogP contribution in [0.3, 0.4) is 0 Å². The molecule has 7 N–H and O–H groups in total. The molecule has 2 rings (SSSR count). The van der Waals surface area contributed by atoms with Crippen molar-refractivity contribution in [2.45, 2.75) is 24.3 Å². The number of thioether (sulfide) groups is 1. The molecule has 0 amide bonds. The smallest absolute Gasteiger partial charge is 0.387 e. The highest BCUT2D eigenvalue weighted by Crippen LogP contribution is 2.27. The molecule has 0 bridgehead atoms. The van der Waals surface area contributed by atoms with E-state index >= 15 is 0 Å². The number of ether oxygens (including phenoxy) is 2. The first-order valence-electron chi connectivity index (χ1n) is 8.41. The summed E-state index contributed by atoms with van der Waals surface area (Å²) in [6, 6.07) is 7.45. The lowest BCUT2D eigenvalue weighted by atomic mass is 10.2. The van der Waals surface area contributed by atoms with Crippen LogP contribution in [0.4, 0.5) is 26.3 Å². The zero-order valence-corrected chi connectivity index (χ0v) is 21.9. The fourth-order valence-electron chi connectivity index (χ4n) is 1.91. The molecular weight excluding hydrogens is 642 g/mol. The second-order valence-corrected chi connectivity index (χ2v) is 7.43. The van der Waals surface area contributed by atoms with Crippen molar-refractivity contribution in [1.82, 2.24) is 0 Å². The molecule has 0 heterocycles. The Kier molecular flexibility index (Phi) is 18.6. The van der Waals surface area contributed by atoms with E-state index in [2.05, 4.69) is 49.1 Å². The van der Waals surface area contributed by atoms with Crippen LogP contribution in [0.5, 0.6) is 11.5 Å². The summed E-state index contributed by atoms with van der Waals surface area (Å²) in [6.45, 7) is -5.94. The third-order valence-electron chi connectivity index (χ3n) is 3.09. The van der Waals surface area contributed by atoms with Gasteiger partial charge < -0.3 is 26.7 Å². The summed E-state index contributed by atoms with van der Waals surface area (Å²) in [7, 11) is 0. The Balaban J connectivity index is 0. The molecule has 0 aromatic heterocycles. The van der Waals surface area contributed by atoms with Gasteiger partial charge in [-0.3, -0.25) is 5.41 Å². The van der Waals surface area contributed by atoms with Gasteiger partial charge in [-0.25, -0.2) is 8.78 Å². The quantitative estimate of drug-likeness (QED) is 0.0996. The Morgan fingerprint density at radius 2 is 1.29 bits per heavy atom. The first kappa shape index (κ1) is 34.3. The molecule has 0 aliphatic rings. The van der Waals surface area contributed by atoms with Crippen LogP contribution in [0, 0.1) is 17.0 Å².